The number of rotatable bonds is 7. The number of thioether (sulfide) groups is 1. The van der Waals surface area contributed by atoms with Crippen molar-refractivity contribution in [2.75, 3.05) is 18.6 Å². The Morgan fingerprint density at radius 3 is 2.92 bits per heavy atom. The molecule has 5 rings (SSSR count). The average Bonchev–Trinajstić information content (AvgIpc) is 3.45. The van der Waals surface area contributed by atoms with E-state index in [1.165, 1.54) is 29.8 Å². The van der Waals surface area contributed by atoms with Crippen LogP contribution in [0.2, 0.25) is 0 Å². The second kappa shape index (κ2) is 9.15. The fourth-order valence-corrected chi connectivity index (χ4v) is 5.67. The van der Waals surface area contributed by atoms with Crippen LogP contribution < -0.4 is 20.8 Å². The first-order valence-corrected chi connectivity index (χ1v) is 12.2. The van der Waals surface area contributed by atoms with Gasteiger partial charge in [0, 0.05) is 33.6 Å². The summed E-state index contributed by atoms with van der Waals surface area (Å²) < 4.78 is 7.11. The minimum Gasteiger partial charge on any atom is -0.543 e. The quantitative estimate of drug-likeness (QED) is 0.139. The van der Waals surface area contributed by atoms with Crippen LogP contribution in [-0.2, 0) is 25.8 Å². The maximum Gasteiger partial charge on any atom is 0.331 e. The van der Waals surface area contributed by atoms with Crippen LogP contribution in [0.25, 0.3) is 5.65 Å². The Labute approximate surface area is 210 Å². The number of hydrogen-bond donors (Lipinski definition) is 2. The van der Waals surface area contributed by atoms with Crippen molar-refractivity contribution in [3.63, 3.8) is 0 Å². The molecule has 17 heteroatoms. The standard InChI is InChI=1S/C19H18N10O5S2/c1-8-3-4-10-27(7-21-29(10)24-8)5-9-6-35-17-12(16(31)28(17)13(9)18(32)33)22-15(30)11(25-34-2)14-23-19(20)36-26-14/h3-4,7,12,17H,5-6H2,1-2H3,(H3-,20,22,23,26,30,32,33)/b25-11-/t12?,17-/m1/s1. The van der Waals surface area contributed by atoms with Crippen LogP contribution in [0.5, 0.6) is 0 Å². The number of hydrogen-bond acceptors (Lipinski definition) is 13. The van der Waals surface area contributed by atoms with Crippen LogP contribution in [0.1, 0.15) is 11.5 Å². The lowest BCUT2D eigenvalue weighted by atomic mass is 10.0. The number of carbonyl (C=O) groups excluding carboxylic acids is 3. The van der Waals surface area contributed by atoms with Crippen molar-refractivity contribution in [3.05, 3.63) is 41.2 Å². The first kappa shape index (κ1) is 23.6. The molecule has 186 valence electrons. The Morgan fingerprint density at radius 1 is 1.42 bits per heavy atom. The number of carboxylic acid groups (broad SMARTS) is 1. The number of carboxylic acids is 1. The molecule has 2 aliphatic rings. The lowest BCUT2D eigenvalue weighted by Crippen LogP contribution is -2.71. The van der Waals surface area contributed by atoms with E-state index in [1.54, 1.807) is 4.57 Å². The van der Waals surface area contributed by atoms with Gasteiger partial charge in [0.05, 0.1) is 17.4 Å². The second-order valence-electron chi connectivity index (χ2n) is 7.76. The number of nitrogens with two attached hydrogens (primary N) is 1. The Hall–Kier alpha value is -4.12. The van der Waals surface area contributed by atoms with Crippen LogP contribution in [0, 0.1) is 6.92 Å². The van der Waals surface area contributed by atoms with Crippen LogP contribution in [0.4, 0.5) is 5.13 Å². The summed E-state index contributed by atoms with van der Waals surface area (Å²) in [7, 11) is 1.24. The van der Waals surface area contributed by atoms with Gasteiger partial charge >= 0.3 is 5.65 Å². The Bertz CT molecular complexity index is 1460. The van der Waals surface area contributed by atoms with Gasteiger partial charge in [-0.05, 0) is 18.1 Å². The monoisotopic (exact) mass is 530 g/mol. The Kier molecular flexibility index (Phi) is 6.00. The Morgan fingerprint density at radius 2 is 2.22 bits per heavy atom. The summed E-state index contributed by atoms with van der Waals surface area (Å²) in [5, 5.41) is 26.2. The number of nitrogens with zero attached hydrogens (tertiary/aromatic N) is 8. The van der Waals surface area contributed by atoms with Gasteiger partial charge in [0.25, 0.3) is 11.8 Å². The number of aromatic nitrogens is 6. The molecule has 3 aromatic heterocycles. The molecule has 0 saturated carbocycles. The van der Waals surface area contributed by atoms with Crippen molar-refractivity contribution >= 4 is 57.6 Å². The molecule has 1 saturated heterocycles. The van der Waals surface area contributed by atoms with Crippen molar-refractivity contribution in [1.82, 2.24) is 34.3 Å². The zero-order valence-electron chi connectivity index (χ0n) is 18.8. The number of aryl methyl sites for hydroxylation is 1. The highest BCUT2D eigenvalue weighted by Gasteiger charge is 2.53. The van der Waals surface area contributed by atoms with Gasteiger partial charge in [-0.15, -0.1) is 11.8 Å². The molecule has 36 heavy (non-hydrogen) atoms. The van der Waals surface area contributed by atoms with Gasteiger partial charge in [-0.1, -0.05) is 10.3 Å². The summed E-state index contributed by atoms with van der Waals surface area (Å²) in [5.41, 5.74) is 6.99. The van der Waals surface area contributed by atoms with Crippen LogP contribution in [0.15, 0.2) is 34.9 Å². The summed E-state index contributed by atoms with van der Waals surface area (Å²) in [5.74, 6) is -2.60. The molecular formula is C19H18N10O5S2. The maximum absolute atomic E-state index is 13.0. The van der Waals surface area contributed by atoms with Crippen molar-refractivity contribution < 1.29 is 29.0 Å². The first-order chi connectivity index (χ1) is 17.3. The number of oxime groups is 1. The van der Waals surface area contributed by atoms with Crippen LogP contribution in [0.3, 0.4) is 0 Å². The molecular weight excluding hydrogens is 512 g/mol. The molecule has 2 aliphatic heterocycles. The summed E-state index contributed by atoms with van der Waals surface area (Å²) in [6.45, 7) is 2.00. The van der Waals surface area contributed by atoms with Gasteiger partial charge in [0.2, 0.25) is 17.9 Å². The Balaban J connectivity index is 1.37. The van der Waals surface area contributed by atoms with E-state index >= 15 is 0 Å². The molecule has 0 bridgehead atoms. The molecule has 0 spiro atoms. The smallest absolute Gasteiger partial charge is 0.331 e. The highest BCUT2D eigenvalue weighted by Crippen LogP contribution is 2.40. The molecule has 5 heterocycles. The number of nitrogens with one attached hydrogen (secondary N) is 1. The predicted octanol–water partition coefficient (Wildman–Crippen LogP) is -2.79. The molecule has 3 N–H and O–H groups in total. The number of aliphatic carboxylic acids is 1. The largest absolute Gasteiger partial charge is 0.543 e. The minimum absolute atomic E-state index is 0.0514. The molecule has 0 aliphatic carbocycles. The summed E-state index contributed by atoms with van der Waals surface area (Å²) in [6, 6.07) is 2.64. The fraction of sp³-hybridized carbons (Fsp3) is 0.316. The van der Waals surface area contributed by atoms with Gasteiger partial charge in [0.1, 0.15) is 25.1 Å². The lowest BCUT2D eigenvalue weighted by Gasteiger charge is -2.50. The number of β-lactam (4-membered cyclic amide) rings is 1. The first-order valence-electron chi connectivity index (χ1n) is 10.4. The average molecular weight is 531 g/mol. The van der Waals surface area contributed by atoms with E-state index in [9.17, 15) is 19.5 Å². The summed E-state index contributed by atoms with van der Waals surface area (Å²) in [4.78, 5) is 47.6. The highest BCUT2D eigenvalue weighted by atomic mass is 32.2. The van der Waals surface area contributed by atoms with Gasteiger partial charge in [-0.25, -0.2) is 4.57 Å². The van der Waals surface area contributed by atoms with E-state index < -0.39 is 29.2 Å². The van der Waals surface area contributed by atoms with Gasteiger partial charge in [-0.3, -0.25) is 14.5 Å². The van der Waals surface area contributed by atoms with Crippen molar-refractivity contribution in [2.24, 2.45) is 5.16 Å². The highest BCUT2D eigenvalue weighted by molar-refractivity contribution is 8.00. The van der Waals surface area contributed by atoms with Crippen molar-refractivity contribution in [3.8, 4) is 0 Å². The number of anilines is 1. The van der Waals surface area contributed by atoms with E-state index in [-0.39, 0.29) is 34.7 Å². The summed E-state index contributed by atoms with van der Waals surface area (Å²) >= 11 is 2.19. The van der Waals surface area contributed by atoms with E-state index in [2.05, 4.69) is 30.0 Å². The topological polar surface area (TPSA) is 198 Å². The molecule has 3 aromatic rings. The molecule has 15 nitrogen and oxygen atoms in total. The number of carbonyl (C=O) groups is 3. The molecule has 0 radical (unpaired) electrons. The number of amides is 2. The van der Waals surface area contributed by atoms with E-state index in [1.807, 2.05) is 19.1 Å². The fourth-order valence-electron chi connectivity index (χ4n) is 3.90. The minimum atomic E-state index is -1.48. The number of nitrogen functional groups attached to an aromatic ring is 1. The SMILES string of the molecule is CO/N=C(\C(=O)NC1C(=O)N2C(C(=O)[O-])=C(Cn3cn[n+]4nc(C)ccc34)CS[C@H]12)c1nsc(N)n1. The normalized spacial score (nSPS) is 19.8. The lowest BCUT2D eigenvalue weighted by molar-refractivity contribution is -0.642. The third-order valence-electron chi connectivity index (χ3n) is 5.47. The predicted molar refractivity (Wildman–Crippen MR) is 123 cm³/mol. The van der Waals surface area contributed by atoms with Crippen LogP contribution in [-0.4, -0.2) is 76.8 Å². The van der Waals surface area contributed by atoms with Crippen molar-refractivity contribution in [2.45, 2.75) is 24.9 Å². The van der Waals surface area contributed by atoms with Crippen molar-refractivity contribution in [1.29, 1.82) is 0 Å². The molecule has 1 fully saturated rings. The molecule has 2 amide bonds. The van der Waals surface area contributed by atoms with Gasteiger partial charge in [-0.2, -0.15) is 9.36 Å². The zero-order valence-corrected chi connectivity index (χ0v) is 20.4. The number of fused-ring (bicyclic) bond motifs is 2. The summed E-state index contributed by atoms with van der Waals surface area (Å²) in [6.07, 6.45) is 1.54. The van der Waals surface area contributed by atoms with E-state index in [4.69, 9.17) is 10.6 Å². The second-order valence-corrected chi connectivity index (χ2v) is 9.65. The molecule has 1 unspecified atom stereocenters. The third-order valence-corrected chi connectivity index (χ3v) is 7.35. The van der Waals surface area contributed by atoms with Gasteiger partial charge < -0.3 is 25.8 Å². The van der Waals surface area contributed by atoms with Crippen LogP contribution >= 0.6 is 23.3 Å². The molecule has 0 aromatic carbocycles. The third kappa shape index (κ3) is 4.01. The van der Waals surface area contributed by atoms with E-state index in [0.29, 0.717) is 11.2 Å². The maximum atomic E-state index is 13.0. The van der Waals surface area contributed by atoms with E-state index in [0.717, 1.165) is 22.1 Å². The van der Waals surface area contributed by atoms with Gasteiger partial charge in [0.15, 0.2) is 5.13 Å². The molecule has 2 atom stereocenters. The zero-order chi connectivity index (χ0) is 25.6.